The van der Waals surface area contributed by atoms with E-state index in [4.69, 9.17) is 27.9 Å². The lowest BCUT2D eigenvalue weighted by atomic mass is 10.2. The second kappa shape index (κ2) is 5.12. The summed E-state index contributed by atoms with van der Waals surface area (Å²) >= 11 is 12.0. The molecule has 94 valence electrons. The van der Waals surface area contributed by atoms with E-state index in [9.17, 15) is 0 Å². The number of halogens is 2. The summed E-state index contributed by atoms with van der Waals surface area (Å²) in [6.45, 7) is 5.51. The van der Waals surface area contributed by atoms with Crippen LogP contribution < -0.4 is 4.74 Å². The molecule has 2 rings (SSSR count). The van der Waals surface area contributed by atoms with Gasteiger partial charge in [0.25, 0.3) is 0 Å². The molecule has 1 aromatic carbocycles. The first-order valence-electron chi connectivity index (χ1n) is 5.42. The number of rotatable bonds is 2. The highest BCUT2D eigenvalue weighted by atomic mass is 35.5. The molecular weight excluding hydrogens is 271 g/mol. The number of nitrogens with zero attached hydrogens (tertiary/aromatic N) is 2. The molecule has 0 N–H and O–H groups in total. The fourth-order valence-corrected chi connectivity index (χ4v) is 1.78. The van der Waals surface area contributed by atoms with Gasteiger partial charge in [0.05, 0.1) is 0 Å². The monoisotopic (exact) mass is 282 g/mol. The molecule has 0 atom stereocenters. The molecule has 0 unspecified atom stereocenters. The van der Waals surface area contributed by atoms with Crippen molar-refractivity contribution in [1.82, 2.24) is 9.97 Å². The van der Waals surface area contributed by atoms with Gasteiger partial charge in [-0.05, 0) is 44.5 Å². The molecule has 2 aromatic rings. The molecule has 1 aromatic heterocycles. The molecular formula is C13H12Cl2N2O. The second-order valence-corrected chi connectivity index (χ2v) is 4.77. The van der Waals surface area contributed by atoms with Gasteiger partial charge >= 0.3 is 0 Å². The zero-order chi connectivity index (χ0) is 13.3. The standard InChI is InChI=1S/C13H12Cl2N2O/c1-7-6-10(4-5-11(7)14)18-13-8(2)12(15)16-9(3)17-13/h4-6H,1-3H3. The van der Waals surface area contributed by atoms with Crippen LogP contribution in [-0.2, 0) is 0 Å². The minimum absolute atomic E-state index is 0.406. The average Bonchev–Trinajstić information content (AvgIpc) is 2.30. The maximum absolute atomic E-state index is 5.99. The van der Waals surface area contributed by atoms with E-state index in [-0.39, 0.29) is 0 Å². The predicted octanol–water partition coefficient (Wildman–Crippen LogP) is 4.50. The third-order valence-corrected chi connectivity index (χ3v) is 3.29. The average molecular weight is 283 g/mol. The Bertz CT molecular complexity index is 600. The van der Waals surface area contributed by atoms with Gasteiger partial charge in [-0.2, -0.15) is 4.98 Å². The topological polar surface area (TPSA) is 35.0 Å². The molecule has 0 saturated heterocycles. The lowest BCUT2D eigenvalue weighted by molar-refractivity contribution is 0.455. The van der Waals surface area contributed by atoms with Crippen LogP contribution in [-0.4, -0.2) is 9.97 Å². The van der Waals surface area contributed by atoms with Crippen molar-refractivity contribution in [2.45, 2.75) is 20.8 Å². The number of aryl methyl sites for hydroxylation is 2. The molecule has 0 saturated carbocycles. The van der Waals surface area contributed by atoms with Gasteiger partial charge in [0.2, 0.25) is 5.88 Å². The van der Waals surface area contributed by atoms with E-state index in [1.165, 1.54) is 0 Å². The molecule has 0 amide bonds. The Kier molecular flexibility index (Phi) is 3.73. The van der Waals surface area contributed by atoms with Crippen LogP contribution in [0.5, 0.6) is 11.6 Å². The van der Waals surface area contributed by atoms with Gasteiger partial charge in [0.15, 0.2) is 0 Å². The second-order valence-electron chi connectivity index (χ2n) is 4.00. The van der Waals surface area contributed by atoms with Crippen LogP contribution >= 0.6 is 23.2 Å². The smallest absolute Gasteiger partial charge is 0.226 e. The van der Waals surface area contributed by atoms with Crippen LogP contribution in [0.25, 0.3) is 0 Å². The van der Waals surface area contributed by atoms with Crippen LogP contribution in [0.2, 0.25) is 10.2 Å². The van der Waals surface area contributed by atoms with E-state index < -0.39 is 0 Å². The highest BCUT2D eigenvalue weighted by Gasteiger charge is 2.10. The van der Waals surface area contributed by atoms with Crippen LogP contribution in [0.4, 0.5) is 0 Å². The molecule has 5 heteroatoms. The number of ether oxygens (including phenoxy) is 1. The number of benzene rings is 1. The molecule has 0 spiro atoms. The fraction of sp³-hybridized carbons (Fsp3) is 0.231. The van der Waals surface area contributed by atoms with Crippen molar-refractivity contribution in [2.24, 2.45) is 0 Å². The van der Waals surface area contributed by atoms with Gasteiger partial charge in [0, 0.05) is 10.6 Å². The summed E-state index contributed by atoms with van der Waals surface area (Å²) in [4.78, 5) is 8.29. The van der Waals surface area contributed by atoms with E-state index in [1.54, 1.807) is 19.1 Å². The summed E-state index contributed by atoms with van der Waals surface area (Å²) < 4.78 is 5.71. The SMILES string of the molecule is Cc1nc(Cl)c(C)c(Oc2ccc(Cl)c(C)c2)n1. The van der Waals surface area contributed by atoms with Crippen LogP contribution in [0.15, 0.2) is 18.2 Å². The quantitative estimate of drug-likeness (QED) is 0.761. The Labute approximate surface area is 116 Å². The van der Waals surface area contributed by atoms with Crippen molar-refractivity contribution in [3.63, 3.8) is 0 Å². The summed E-state index contributed by atoms with van der Waals surface area (Å²) in [7, 11) is 0. The molecule has 18 heavy (non-hydrogen) atoms. The van der Waals surface area contributed by atoms with Crippen molar-refractivity contribution in [3.8, 4) is 11.6 Å². The zero-order valence-corrected chi connectivity index (χ0v) is 11.8. The van der Waals surface area contributed by atoms with Gasteiger partial charge < -0.3 is 4.74 Å². The normalized spacial score (nSPS) is 10.5. The molecule has 0 aliphatic carbocycles. The van der Waals surface area contributed by atoms with Crippen LogP contribution in [0.1, 0.15) is 17.0 Å². The zero-order valence-electron chi connectivity index (χ0n) is 10.3. The van der Waals surface area contributed by atoms with E-state index >= 15 is 0 Å². The molecule has 3 nitrogen and oxygen atoms in total. The maximum Gasteiger partial charge on any atom is 0.226 e. The minimum atomic E-state index is 0.406. The van der Waals surface area contributed by atoms with E-state index in [2.05, 4.69) is 9.97 Å². The Hall–Kier alpha value is -1.32. The number of aromatic nitrogens is 2. The summed E-state index contributed by atoms with van der Waals surface area (Å²) in [5.41, 5.74) is 1.67. The van der Waals surface area contributed by atoms with Crippen LogP contribution in [0, 0.1) is 20.8 Å². The Morgan fingerprint density at radius 2 is 1.78 bits per heavy atom. The lowest BCUT2D eigenvalue weighted by Crippen LogP contribution is -1.97. The third kappa shape index (κ3) is 2.74. The highest BCUT2D eigenvalue weighted by molar-refractivity contribution is 6.31. The van der Waals surface area contributed by atoms with Crippen molar-refractivity contribution >= 4 is 23.2 Å². The van der Waals surface area contributed by atoms with E-state index in [1.807, 2.05) is 19.9 Å². The summed E-state index contributed by atoms with van der Waals surface area (Å²) in [6, 6.07) is 5.43. The molecule has 0 aliphatic rings. The lowest BCUT2D eigenvalue weighted by Gasteiger charge is -2.10. The molecule has 0 fully saturated rings. The van der Waals surface area contributed by atoms with Crippen LogP contribution in [0.3, 0.4) is 0 Å². The first-order chi connectivity index (χ1) is 8.47. The van der Waals surface area contributed by atoms with Gasteiger partial charge in [-0.3, -0.25) is 0 Å². The Morgan fingerprint density at radius 3 is 2.44 bits per heavy atom. The first-order valence-corrected chi connectivity index (χ1v) is 6.17. The summed E-state index contributed by atoms with van der Waals surface area (Å²) in [5, 5.41) is 1.11. The van der Waals surface area contributed by atoms with E-state index in [0.29, 0.717) is 27.6 Å². The molecule has 0 radical (unpaired) electrons. The highest BCUT2D eigenvalue weighted by Crippen LogP contribution is 2.29. The van der Waals surface area contributed by atoms with Gasteiger partial charge in [-0.15, -0.1) is 0 Å². The third-order valence-electron chi connectivity index (χ3n) is 2.50. The molecule has 0 aliphatic heterocycles. The first kappa shape index (κ1) is 13.1. The number of hydrogen-bond donors (Lipinski definition) is 0. The molecule has 1 heterocycles. The van der Waals surface area contributed by atoms with Crippen molar-refractivity contribution in [3.05, 3.63) is 45.3 Å². The Morgan fingerprint density at radius 1 is 1.06 bits per heavy atom. The largest absolute Gasteiger partial charge is 0.439 e. The van der Waals surface area contributed by atoms with Gasteiger partial charge in [0.1, 0.15) is 16.7 Å². The van der Waals surface area contributed by atoms with Crippen molar-refractivity contribution in [2.75, 3.05) is 0 Å². The minimum Gasteiger partial charge on any atom is -0.439 e. The summed E-state index contributed by atoms with van der Waals surface area (Å²) in [5.74, 6) is 1.72. The fourth-order valence-electron chi connectivity index (χ4n) is 1.46. The van der Waals surface area contributed by atoms with Gasteiger partial charge in [-0.25, -0.2) is 4.98 Å². The molecule has 0 bridgehead atoms. The maximum atomic E-state index is 5.99. The van der Waals surface area contributed by atoms with Gasteiger partial charge in [-0.1, -0.05) is 23.2 Å². The summed E-state index contributed by atoms with van der Waals surface area (Å²) in [6.07, 6.45) is 0. The van der Waals surface area contributed by atoms with Crippen molar-refractivity contribution in [1.29, 1.82) is 0 Å². The number of hydrogen-bond acceptors (Lipinski definition) is 3. The predicted molar refractivity (Wildman–Crippen MR) is 72.8 cm³/mol. The Balaban J connectivity index is 2.36. The van der Waals surface area contributed by atoms with E-state index in [0.717, 1.165) is 11.1 Å². The van der Waals surface area contributed by atoms with Crippen molar-refractivity contribution < 1.29 is 4.74 Å².